The number of methoxy groups -OCH3 is 1. The third-order valence-corrected chi connectivity index (χ3v) is 3.44. The third kappa shape index (κ3) is 6.36. The summed E-state index contributed by atoms with van der Waals surface area (Å²) in [5.41, 5.74) is 1.05. The summed E-state index contributed by atoms with van der Waals surface area (Å²) in [6, 6.07) is 9.88. The molecule has 1 aromatic rings. The van der Waals surface area contributed by atoms with E-state index in [1.54, 1.807) is 0 Å². The molecule has 0 N–H and O–H groups in total. The highest BCUT2D eigenvalue weighted by Gasteiger charge is 2.23. The van der Waals surface area contributed by atoms with Gasteiger partial charge in [0.2, 0.25) is 0 Å². The van der Waals surface area contributed by atoms with Crippen LogP contribution in [0.15, 0.2) is 42.7 Å². The maximum atomic E-state index is 11.8. The Labute approximate surface area is 116 Å². The number of carbonyl (C=O) groups excluding carboxylic acids is 1. The van der Waals surface area contributed by atoms with Crippen molar-refractivity contribution in [2.75, 3.05) is 7.11 Å². The Morgan fingerprint density at radius 2 is 1.89 bits per heavy atom. The summed E-state index contributed by atoms with van der Waals surface area (Å²) in [7, 11) is -0.184. The molecule has 0 aliphatic rings. The van der Waals surface area contributed by atoms with Crippen LogP contribution < -0.4 is 0 Å². The van der Waals surface area contributed by atoms with Gasteiger partial charge < -0.3 is 9.16 Å². The molecule has 1 atom stereocenters. The van der Waals surface area contributed by atoms with Crippen LogP contribution in [0.1, 0.15) is 18.1 Å². The van der Waals surface area contributed by atoms with Crippen LogP contribution >= 0.6 is 0 Å². The first-order chi connectivity index (χ1) is 8.92. The first-order valence-corrected chi connectivity index (χ1v) is 9.78. The Hall–Kier alpha value is -1.39. The monoisotopic (exact) mass is 278 g/mol. The number of hydrogen-bond acceptors (Lipinski definition) is 3. The molecule has 0 aliphatic heterocycles. The second kappa shape index (κ2) is 7.26. The van der Waals surface area contributed by atoms with Gasteiger partial charge in [-0.2, -0.15) is 0 Å². The van der Waals surface area contributed by atoms with E-state index in [0.29, 0.717) is 6.42 Å². The van der Waals surface area contributed by atoms with Crippen molar-refractivity contribution in [1.29, 1.82) is 0 Å². The number of ketones is 1. The van der Waals surface area contributed by atoms with Crippen molar-refractivity contribution >= 4 is 14.1 Å². The lowest BCUT2D eigenvalue weighted by molar-refractivity contribution is -0.116. The molecule has 0 bridgehead atoms. The Balaban J connectivity index is 2.82. The van der Waals surface area contributed by atoms with Crippen molar-refractivity contribution in [2.45, 2.75) is 32.2 Å². The molecule has 0 saturated heterocycles. The van der Waals surface area contributed by atoms with Crippen LogP contribution in [0.25, 0.3) is 0 Å². The van der Waals surface area contributed by atoms with E-state index in [2.05, 4.69) is 19.6 Å². The molecule has 0 amide bonds. The molecular formula is C15H22O3Si. The molecule has 0 heterocycles. The van der Waals surface area contributed by atoms with Crippen molar-refractivity contribution in [3.8, 4) is 0 Å². The molecule has 104 valence electrons. The van der Waals surface area contributed by atoms with Crippen LogP contribution in [0, 0.1) is 0 Å². The van der Waals surface area contributed by atoms with Crippen molar-refractivity contribution in [2.24, 2.45) is 0 Å². The lowest BCUT2D eigenvalue weighted by Crippen LogP contribution is -2.29. The zero-order chi connectivity index (χ0) is 14.3. The molecule has 3 nitrogen and oxygen atoms in total. The predicted molar refractivity (Wildman–Crippen MR) is 79.4 cm³/mol. The largest absolute Gasteiger partial charge is 0.504 e. The van der Waals surface area contributed by atoms with Crippen molar-refractivity contribution in [3.05, 3.63) is 48.2 Å². The summed E-state index contributed by atoms with van der Waals surface area (Å²) >= 11 is 0. The van der Waals surface area contributed by atoms with Crippen molar-refractivity contribution in [1.82, 2.24) is 0 Å². The fourth-order valence-electron chi connectivity index (χ4n) is 1.72. The zero-order valence-corrected chi connectivity index (χ0v) is 13.1. The topological polar surface area (TPSA) is 35.5 Å². The molecule has 0 aromatic heterocycles. The van der Waals surface area contributed by atoms with Crippen LogP contribution in [0.3, 0.4) is 0 Å². The Bertz CT molecular complexity index is 421. The van der Waals surface area contributed by atoms with Crippen molar-refractivity contribution < 1.29 is 14.0 Å². The first kappa shape index (κ1) is 15.7. The van der Waals surface area contributed by atoms with Gasteiger partial charge in [0.15, 0.2) is 14.1 Å². The van der Waals surface area contributed by atoms with E-state index in [1.165, 1.54) is 19.4 Å². The number of allylic oxidation sites excluding steroid dienone is 1. The minimum absolute atomic E-state index is 0.00829. The second-order valence-electron chi connectivity index (χ2n) is 5.34. The van der Waals surface area contributed by atoms with Crippen LogP contribution in [-0.4, -0.2) is 21.2 Å². The summed E-state index contributed by atoms with van der Waals surface area (Å²) in [5, 5.41) is 0. The molecule has 0 fully saturated rings. The van der Waals surface area contributed by atoms with E-state index >= 15 is 0 Å². The Kier molecular flexibility index (Phi) is 5.98. The molecule has 1 unspecified atom stereocenters. The number of benzene rings is 1. The van der Waals surface area contributed by atoms with E-state index in [4.69, 9.17) is 9.16 Å². The van der Waals surface area contributed by atoms with Crippen LogP contribution in [0.4, 0.5) is 0 Å². The van der Waals surface area contributed by atoms with E-state index in [9.17, 15) is 4.79 Å². The fourth-order valence-corrected chi connectivity index (χ4v) is 2.79. The lowest BCUT2D eigenvalue weighted by atomic mass is 10.0. The number of carbonyl (C=O) groups is 1. The van der Waals surface area contributed by atoms with Gasteiger partial charge in [-0.3, -0.25) is 4.79 Å². The average molecular weight is 278 g/mol. The quantitative estimate of drug-likeness (QED) is 0.433. The van der Waals surface area contributed by atoms with Crippen molar-refractivity contribution in [3.63, 3.8) is 0 Å². The highest BCUT2D eigenvalue weighted by Crippen LogP contribution is 2.25. The van der Waals surface area contributed by atoms with Gasteiger partial charge in [-0.1, -0.05) is 30.3 Å². The van der Waals surface area contributed by atoms with Gasteiger partial charge in [0.1, 0.15) is 0 Å². The SMILES string of the molecule is CO/C=C/C(=O)CC(O[Si](C)(C)C)c1ccccc1. The predicted octanol–water partition coefficient (Wildman–Crippen LogP) is 3.70. The van der Waals surface area contributed by atoms with Crippen LogP contribution in [0.5, 0.6) is 0 Å². The summed E-state index contributed by atoms with van der Waals surface area (Å²) < 4.78 is 10.9. The summed E-state index contributed by atoms with van der Waals surface area (Å²) in [4.78, 5) is 11.8. The molecule has 0 aliphatic carbocycles. The lowest BCUT2D eigenvalue weighted by Gasteiger charge is -2.26. The van der Waals surface area contributed by atoms with Gasteiger partial charge in [-0.15, -0.1) is 0 Å². The van der Waals surface area contributed by atoms with Gasteiger partial charge in [-0.05, 0) is 25.2 Å². The minimum atomic E-state index is -1.71. The van der Waals surface area contributed by atoms with Crippen LogP contribution in [0.2, 0.25) is 19.6 Å². The normalized spacial score (nSPS) is 13.5. The molecular weight excluding hydrogens is 256 g/mol. The molecule has 1 rings (SSSR count). The third-order valence-electron chi connectivity index (χ3n) is 2.44. The summed E-state index contributed by atoms with van der Waals surface area (Å²) in [5.74, 6) is 0.00829. The second-order valence-corrected chi connectivity index (χ2v) is 9.80. The number of hydrogen-bond donors (Lipinski definition) is 0. The van der Waals surface area contributed by atoms with E-state index in [-0.39, 0.29) is 11.9 Å². The van der Waals surface area contributed by atoms with Crippen LogP contribution in [-0.2, 0) is 14.0 Å². The van der Waals surface area contributed by atoms with Gasteiger partial charge >= 0.3 is 0 Å². The van der Waals surface area contributed by atoms with Gasteiger partial charge in [0.05, 0.1) is 19.5 Å². The number of rotatable bonds is 7. The highest BCUT2D eigenvalue weighted by atomic mass is 28.4. The summed E-state index contributed by atoms with van der Waals surface area (Å²) in [6.07, 6.45) is 3.01. The zero-order valence-electron chi connectivity index (χ0n) is 12.1. The Morgan fingerprint density at radius 1 is 1.26 bits per heavy atom. The summed E-state index contributed by atoms with van der Waals surface area (Å²) in [6.45, 7) is 6.37. The first-order valence-electron chi connectivity index (χ1n) is 6.37. The average Bonchev–Trinajstić information content (AvgIpc) is 2.35. The van der Waals surface area contributed by atoms with Gasteiger partial charge in [-0.25, -0.2) is 0 Å². The molecule has 0 spiro atoms. The van der Waals surface area contributed by atoms with E-state index < -0.39 is 8.32 Å². The standard InChI is InChI=1S/C15H22O3Si/c1-17-11-10-14(16)12-15(18-19(2,3)4)13-8-6-5-7-9-13/h5-11,15H,12H2,1-4H3/b11-10+. The fraction of sp³-hybridized carbons (Fsp3) is 0.400. The highest BCUT2D eigenvalue weighted by molar-refractivity contribution is 6.69. The van der Waals surface area contributed by atoms with E-state index in [0.717, 1.165) is 5.56 Å². The van der Waals surface area contributed by atoms with Gasteiger partial charge in [0, 0.05) is 12.5 Å². The molecule has 0 saturated carbocycles. The maximum absolute atomic E-state index is 11.8. The minimum Gasteiger partial charge on any atom is -0.504 e. The number of ether oxygens (including phenoxy) is 1. The Morgan fingerprint density at radius 3 is 2.42 bits per heavy atom. The van der Waals surface area contributed by atoms with E-state index in [1.807, 2.05) is 30.3 Å². The molecule has 4 heteroatoms. The maximum Gasteiger partial charge on any atom is 0.184 e. The smallest absolute Gasteiger partial charge is 0.184 e. The van der Waals surface area contributed by atoms with Gasteiger partial charge in [0.25, 0.3) is 0 Å². The molecule has 19 heavy (non-hydrogen) atoms. The molecule has 0 radical (unpaired) electrons. The molecule has 1 aromatic carbocycles.